The molecule has 3 aromatic rings. The lowest BCUT2D eigenvalue weighted by Crippen LogP contribution is -2.21. The molecule has 0 heterocycles. The van der Waals surface area contributed by atoms with Gasteiger partial charge < -0.3 is 4.74 Å². The van der Waals surface area contributed by atoms with Crippen LogP contribution < -0.4 is 0 Å². The fraction of sp³-hybridized carbons (Fsp3) is 0.344. The largest absolute Gasteiger partial charge is 0.459 e. The van der Waals surface area contributed by atoms with Gasteiger partial charge in [-0.05, 0) is 56.0 Å². The number of rotatable bonds is 11. The minimum absolute atomic E-state index is 0.125. The molecular formula is C32H34O4S. The van der Waals surface area contributed by atoms with Crippen LogP contribution in [0.1, 0.15) is 101 Å². The molecule has 192 valence electrons. The van der Waals surface area contributed by atoms with E-state index in [0.717, 1.165) is 29.1 Å². The first-order valence-electron chi connectivity index (χ1n) is 13.2. The predicted octanol–water partition coefficient (Wildman–Crippen LogP) is 8.16. The van der Waals surface area contributed by atoms with Crippen molar-refractivity contribution >= 4 is 29.3 Å². The Bertz CT molecular complexity index is 1280. The van der Waals surface area contributed by atoms with E-state index < -0.39 is 0 Å². The normalized spacial score (nSPS) is 14.0. The second-order valence-corrected chi connectivity index (χ2v) is 10.8. The average Bonchev–Trinajstić information content (AvgIpc) is 2.92. The van der Waals surface area contributed by atoms with Crippen LogP contribution in [0.4, 0.5) is 0 Å². The van der Waals surface area contributed by atoms with Crippen LogP contribution in [-0.2, 0) is 4.74 Å². The first kappa shape index (κ1) is 26.9. The lowest BCUT2D eigenvalue weighted by molar-refractivity contribution is 0.0309. The van der Waals surface area contributed by atoms with Crippen LogP contribution >= 0.6 is 11.8 Å². The van der Waals surface area contributed by atoms with Gasteiger partial charge in [-0.1, -0.05) is 87.7 Å². The number of unbranched alkanes of at least 4 members (excludes halogenated alkanes) is 1. The first-order chi connectivity index (χ1) is 17.9. The Balaban J connectivity index is 1.41. The van der Waals surface area contributed by atoms with Crippen molar-refractivity contribution in [2.75, 3.05) is 0 Å². The Kier molecular flexibility index (Phi) is 8.99. The Morgan fingerprint density at radius 2 is 1.49 bits per heavy atom. The predicted molar refractivity (Wildman–Crippen MR) is 148 cm³/mol. The second-order valence-electron chi connectivity index (χ2n) is 9.72. The standard InChI is InChI=1S/C32H34O4S/c1-4-6-10-22(5-2)16-15-21(3)36-32(35)23-17-19-24(20-18-23)37-28-14-9-13-27-29(28)31(34)26-12-8-7-11-25(26)30(27)33/h7-9,11-14,17-22H,4-6,10,15-16H2,1-3H3. The molecule has 0 N–H and O–H groups in total. The van der Waals surface area contributed by atoms with Gasteiger partial charge in [0.15, 0.2) is 11.6 Å². The summed E-state index contributed by atoms with van der Waals surface area (Å²) in [5.74, 6) is 0.106. The van der Waals surface area contributed by atoms with Crippen molar-refractivity contribution in [1.29, 1.82) is 0 Å². The quantitative estimate of drug-likeness (QED) is 0.189. The third-order valence-corrected chi connectivity index (χ3v) is 8.13. The van der Waals surface area contributed by atoms with E-state index in [9.17, 15) is 14.4 Å². The van der Waals surface area contributed by atoms with E-state index in [1.807, 2.05) is 25.1 Å². The Hall–Kier alpha value is -3.18. The summed E-state index contributed by atoms with van der Waals surface area (Å²) in [4.78, 5) is 40.5. The highest BCUT2D eigenvalue weighted by Crippen LogP contribution is 2.37. The van der Waals surface area contributed by atoms with Crippen molar-refractivity contribution in [3.05, 3.63) is 94.5 Å². The zero-order valence-electron chi connectivity index (χ0n) is 21.8. The van der Waals surface area contributed by atoms with Crippen molar-refractivity contribution in [2.45, 2.75) is 75.2 Å². The minimum Gasteiger partial charge on any atom is -0.459 e. The summed E-state index contributed by atoms with van der Waals surface area (Å²) in [6.07, 6.45) is 6.69. The highest BCUT2D eigenvalue weighted by molar-refractivity contribution is 7.99. The topological polar surface area (TPSA) is 60.4 Å². The van der Waals surface area contributed by atoms with Gasteiger partial charge in [0.05, 0.1) is 11.7 Å². The molecule has 5 heteroatoms. The molecule has 0 bridgehead atoms. The van der Waals surface area contributed by atoms with E-state index in [1.165, 1.54) is 31.0 Å². The van der Waals surface area contributed by atoms with Crippen LogP contribution in [0.5, 0.6) is 0 Å². The molecule has 0 aromatic heterocycles. The molecule has 0 aliphatic heterocycles. The number of ether oxygens (including phenoxy) is 1. The van der Waals surface area contributed by atoms with Crippen LogP contribution in [0.15, 0.2) is 76.5 Å². The summed E-state index contributed by atoms with van der Waals surface area (Å²) in [5.41, 5.74) is 2.27. The summed E-state index contributed by atoms with van der Waals surface area (Å²) in [6.45, 7) is 6.41. The Labute approximate surface area is 223 Å². The van der Waals surface area contributed by atoms with E-state index in [0.29, 0.717) is 33.7 Å². The van der Waals surface area contributed by atoms with E-state index in [1.54, 1.807) is 48.5 Å². The molecule has 0 fully saturated rings. The monoisotopic (exact) mass is 514 g/mol. The third-order valence-electron chi connectivity index (χ3n) is 7.06. The molecule has 1 aliphatic rings. The molecule has 0 saturated heterocycles. The number of carbonyl (C=O) groups excluding carboxylic acids is 3. The molecular weight excluding hydrogens is 480 g/mol. The summed E-state index contributed by atoms with van der Waals surface area (Å²) in [5, 5.41) is 0. The lowest BCUT2D eigenvalue weighted by atomic mass is 9.84. The van der Waals surface area contributed by atoms with Crippen molar-refractivity contribution in [3.63, 3.8) is 0 Å². The highest BCUT2D eigenvalue weighted by atomic mass is 32.2. The highest BCUT2D eigenvalue weighted by Gasteiger charge is 2.31. The molecule has 0 saturated carbocycles. The van der Waals surface area contributed by atoms with Crippen molar-refractivity contribution in [3.8, 4) is 0 Å². The number of esters is 1. The maximum atomic E-state index is 13.3. The molecule has 2 atom stereocenters. The zero-order chi connectivity index (χ0) is 26.4. The van der Waals surface area contributed by atoms with Crippen molar-refractivity contribution < 1.29 is 19.1 Å². The second kappa shape index (κ2) is 12.4. The fourth-order valence-electron chi connectivity index (χ4n) is 4.81. The SMILES string of the molecule is CCCCC(CC)CCC(C)OC(=O)c1ccc(Sc2cccc3c2C(=O)c2ccccc2C3=O)cc1. The minimum atomic E-state index is -0.319. The lowest BCUT2D eigenvalue weighted by Gasteiger charge is -2.20. The van der Waals surface area contributed by atoms with Gasteiger partial charge in [0.1, 0.15) is 0 Å². The third kappa shape index (κ3) is 6.22. The van der Waals surface area contributed by atoms with Gasteiger partial charge in [0, 0.05) is 32.0 Å². The maximum Gasteiger partial charge on any atom is 0.338 e. The van der Waals surface area contributed by atoms with Crippen molar-refractivity contribution in [1.82, 2.24) is 0 Å². The molecule has 37 heavy (non-hydrogen) atoms. The van der Waals surface area contributed by atoms with E-state index >= 15 is 0 Å². The van der Waals surface area contributed by atoms with Gasteiger partial charge in [-0.2, -0.15) is 0 Å². The first-order valence-corrected chi connectivity index (χ1v) is 14.0. The molecule has 4 rings (SSSR count). The van der Waals surface area contributed by atoms with Crippen LogP contribution in [0.2, 0.25) is 0 Å². The maximum absolute atomic E-state index is 13.3. The average molecular weight is 515 g/mol. The number of carbonyl (C=O) groups is 3. The fourth-order valence-corrected chi connectivity index (χ4v) is 5.79. The van der Waals surface area contributed by atoms with Gasteiger partial charge >= 0.3 is 5.97 Å². The Morgan fingerprint density at radius 3 is 2.16 bits per heavy atom. The van der Waals surface area contributed by atoms with Gasteiger partial charge in [0.2, 0.25) is 0 Å². The molecule has 0 radical (unpaired) electrons. The van der Waals surface area contributed by atoms with Gasteiger partial charge in [-0.3, -0.25) is 9.59 Å². The molecule has 0 amide bonds. The van der Waals surface area contributed by atoms with Crippen molar-refractivity contribution in [2.24, 2.45) is 5.92 Å². The summed E-state index contributed by atoms with van der Waals surface area (Å²) in [6, 6.07) is 19.5. The molecule has 2 unspecified atom stereocenters. The van der Waals surface area contributed by atoms with E-state index in [4.69, 9.17) is 4.74 Å². The number of fused-ring (bicyclic) bond motifs is 2. The van der Waals surface area contributed by atoms with Crippen LogP contribution in [-0.4, -0.2) is 23.6 Å². The van der Waals surface area contributed by atoms with Crippen LogP contribution in [0, 0.1) is 5.92 Å². The molecule has 1 aliphatic carbocycles. The summed E-state index contributed by atoms with van der Waals surface area (Å²) in [7, 11) is 0. The molecule has 0 spiro atoms. The van der Waals surface area contributed by atoms with Crippen LogP contribution in [0.3, 0.4) is 0 Å². The number of hydrogen-bond acceptors (Lipinski definition) is 5. The number of benzene rings is 3. The van der Waals surface area contributed by atoms with Gasteiger partial charge in [-0.25, -0.2) is 4.79 Å². The van der Waals surface area contributed by atoms with E-state index in [-0.39, 0.29) is 23.6 Å². The van der Waals surface area contributed by atoms with Gasteiger partial charge in [-0.15, -0.1) is 0 Å². The summed E-state index contributed by atoms with van der Waals surface area (Å²) >= 11 is 1.41. The summed E-state index contributed by atoms with van der Waals surface area (Å²) < 4.78 is 5.70. The smallest absolute Gasteiger partial charge is 0.338 e. The van der Waals surface area contributed by atoms with Crippen LogP contribution in [0.25, 0.3) is 0 Å². The Morgan fingerprint density at radius 1 is 0.811 bits per heavy atom. The number of hydrogen-bond donors (Lipinski definition) is 0. The molecule has 3 aromatic carbocycles. The zero-order valence-corrected chi connectivity index (χ0v) is 22.6. The number of ketones is 2. The van der Waals surface area contributed by atoms with E-state index in [2.05, 4.69) is 13.8 Å². The van der Waals surface area contributed by atoms with Gasteiger partial charge in [0.25, 0.3) is 0 Å². The molecule has 4 nitrogen and oxygen atoms in total.